The van der Waals surface area contributed by atoms with Crippen LogP contribution in [0.25, 0.3) is 0 Å². The van der Waals surface area contributed by atoms with Gasteiger partial charge in [-0.05, 0) is 36.2 Å². The second kappa shape index (κ2) is 8.62. The first-order valence-corrected chi connectivity index (χ1v) is 8.67. The Hall–Kier alpha value is -2.67. The van der Waals surface area contributed by atoms with Crippen LogP contribution in [0, 0.1) is 0 Å². The van der Waals surface area contributed by atoms with Crippen molar-refractivity contribution in [3.8, 4) is 11.5 Å². The van der Waals surface area contributed by atoms with Gasteiger partial charge in [-0.25, -0.2) is 0 Å². The van der Waals surface area contributed by atoms with E-state index in [-0.39, 0.29) is 30.5 Å². The number of nitrogens with one attached hydrogen (secondary N) is 2. The summed E-state index contributed by atoms with van der Waals surface area (Å²) >= 11 is 6.19. The smallest absolute Gasteiger partial charge is 0.286 e. The number of furan rings is 1. The van der Waals surface area contributed by atoms with Gasteiger partial charge in [0, 0.05) is 19.5 Å². The zero-order valence-electron chi connectivity index (χ0n) is 14.0. The highest BCUT2D eigenvalue weighted by molar-refractivity contribution is 6.32. The molecule has 26 heavy (non-hydrogen) atoms. The Kier molecular flexibility index (Phi) is 6.01. The van der Waals surface area contributed by atoms with Crippen molar-refractivity contribution in [2.24, 2.45) is 0 Å². The first-order chi connectivity index (χ1) is 12.6. The summed E-state index contributed by atoms with van der Waals surface area (Å²) in [5.74, 6) is 0.937. The highest BCUT2D eigenvalue weighted by Gasteiger charge is 2.16. The molecular weight excluding hydrogens is 360 g/mol. The minimum atomic E-state index is -0.339. The average molecular weight is 379 g/mol. The zero-order valence-corrected chi connectivity index (χ0v) is 14.8. The first kappa shape index (κ1) is 18.1. The van der Waals surface area contributed by atoms with E-state index in [2.05, 4.69) is 10.6 Å². The van der Waals surface area contributed by atoms with Gasteiger partial charge in [-0.15, -0.1) is 0 Å². The van der Waals surface area contributed by atoms with E-state index in [1.807, 2.05) is 12.1 Å². The van der Waals surface area contributed by atoms with Crippen molar-refractivity contribution in [1.29, 1.82) is 0 Å². The molecule has 0 unspecified atom stereocenters. The average Bonchev–Trinajstić information content (AvgIpc) is 3.16. The molecule has 0 bridgehead atoms. The third-order valence-corrected chi connectivity index (χ3v) is 4.06. The summed E-state index contributed by atoms with van der Waals surface area (Å²) in [5, 5.41) is 5.94. The molecule has 2 aromatic rings. The number of ether oxygens (including phenoxy) is 2. The normalized spacial score (nSPS) is 12.5. The maximum absolute atomic E-state index is 11.8. The van der Waals surface area contributed by atoms with Crippen LogP contribution in [0.2, 0.25) is 5.02 Å². The van der Waals surface area contributed by atoms with Crippen molar-refractivity contribution in [3.05, 3.63) is 46.9 Å². The summed E-state index contributed by atoms with van der Waals surface area (Å²) in [6, 6.07) is 6.88. The third-order valence-electron chi connectivity index (χ3n) is 3.78. The standard InChI is InChI=1S/C18H19ClN2O5/c19-13-10-12(11-15-17(13)26-9-8-25-15)3-5-20-16(22)4-6-21-18(23)14-2-1-7-24-14/h1-2,7,10-11H,3-6,8-9H2,(H,20,22)(H,21,23). The monoisotopic (exact) mass is 378 g/mol. The number of carbonyl (C=O) groups excluding carboxylic acids is 2. The number of hydrogen-bond donors (Lipinski definition) is 2. The summed E-state index contributed by atoms with van der Waals surface area (Å²) < 4.78 is 16.0. The van der Waals surface area contributed by atoms with Crippen molar-refractivity contribution in [2.45, 2.75) is 12.8 Å². The summed E-state index contributed by atoms with van der Waals surface area (Å²) in [6.45, 7) is 1.67. The highest BCUT2D eigenvalue weighted by atomic mass is 35.5. The van der Waals surface area contributed by atoms with Gasteiger partial charge in [0.25, 0.3) is 5.91 Å². The largest absolute Gasteiger partial charge is 0.486 e. The van der Waals surface area contributed by atoms with E-state index >= 15 is 0 Å². The van der Waals surface area contributed by atoms with Crippen LogP contribution in [0.5, 0.6) is 11.5 Å². The Labute approximate surface area is 155 Å². The molecule has 7 nitrogen and oxygen atoms in total. The molecule has 1 aromatic carbocycles. The molecule has 138 valence electrons. The number of benzene rings is 1. The van der Waals surface area contributed by atoms with Crippen molar-refractivity contribution >= 4 is 23.4 Å². The fourth-order valence-electron chi connectivity index (χ4n) is 2.53. The maximum atomic E-state index is 11.8. The Balaban J connectivity index is 1.38. The number of hydrogen-bond acceptors (Lipinski definition) is 5. The molecule has 1 aliphatic heterocycles. The van der Waals surface area contributed by atoms with Gasteiger partial charge in [-0.3, -0.25) is 9.59 Å². The molecule has 0 spiro atoms. The van der Waals surface area contributed by atoms with Gasteiger partial charge in [0.1, 0.15) is 13.2 Å². The van der Waals surface area contributed by atoms with Crippen LogP contribution in [-0.2, 0) is 11.2 Å². The minimum Gasteiger partial charge on any atom is -0.486 e. The van der Waals surface area contributed by atoms with Crippen LogP contribution in [0.3, 0.4) is 0 Å². The minimum absolute atomic E-state index is 0.145. The molecule has 8 heteroatoms. The van der Waals surface area contributed by atoms with Gasteiger partial charge in [0.2, 0.25) is 5.91 Å². The van der Waals surface area contributed by atoms with Crippen molar-refractivity contribution in [3.63, 3.8) is 0 Å². The maximum Gasteiger partial charge on any atom is 0.286 e. The lowest BCUT2D eigenvalue weighted by atomic mass is 10.1. The fraction of sp³-hybridized carbons (Fsp3) is 0.333. The molecule has 0 saturated heterocycles. The highest BCUT2D eigenvalue weighted by Crippen LogP contribution is 2.38. The van der Waals surface area contributed by atoms with E-state index in [9.17, 15) is 9.59 Å². The number of amides is 2. The lowest BCUT2D eigenvalue weighted by molar-refractivity contribution is -0.120. The summed E-state index contributed by atoms with van der Waals surface area (Å²) in [4.78, 5) is 23.5. The van der Waals surface area contributed by atoms with E-state index in [4.69, 9.17) is 25.5 Å². The predicted molar refractivity (Wildman–Crippen MR) is 94.8 cm³/mol. The van der Waals surface area contributed by atoms with Crippen LogP contribution in [0.1, 0.15) is 22.5 Å². The van der Waals surface area contributed by atoms with Crippen molar-refractivity contribution in [2.75, 3.05) is 26.3 Å². The second-order valence-electron chi connectivity index (χ2n) is 5.68. The summed E-state index contributed by atoms with van der Waals surface area (Å²) in [6.07, 6.45) is 2.22. The molecule has 2 amide bonds. The van der Waals surface area contributed by atoms with Crippen LogP contribution < -0.4 is 20.1 Å². The quantitative estimate of drug-likeness (QED) is 0.770. The number of rotatable bonds is 7. The van der Waals surface area contributed by atoms with E-state index in [0.29, 0.717) is 42.7 Å². The fourth-order valence-corrected chi connectivity index (χ4v) is 2.82. The second-order valence-corrected chi connectivity index (χ2v) is 6.09. The molecular formula is C18H19ClN2O5. The van der Waals surface area contributed by atoms with E-state index < -0.39 is 0 Å². The molecule has 2 heterocycles. The van der Waals surface area contributed by atoms with Crippen molar-refractivity contribution in [1.82, 2.24) is 10.6 Å². The number of carbonyl (C=O) groups is 2. The van der Waals surface area contributed by atoms with Gasteiger partial charge in [0.05, 0.1) is 11.3 Å². The van der Waals surface area contributed by atoms with Gasteiger partial charge in [-0.2, -0.15) is 0 Å². The van der Waals surface area contributed by atoms with E-state index in [1.165, 1.54) is 6.26 Å². The van der Waals surface area contributed by atoms with Crippen LogP contribution in [-0.4, -0.2) is 38.1 Å². The SMILES string of the molecule is O=C(CCNC(=O)c1ccco1)NCCc1cc(Cl)c2c(c1)OCCO2. The van der Waals surface area contributed by atoms with Gasteiger partial charge < -0.3 is 24.5 Å². The molecule has 1 aromatic heterocycles. The van der Waals surface area contributed by atoms with Crippen molar-refractivity contribution < 1.29 is 23.5 Å². The third kappa shape index (κ3) is 4.70. The lowest BCUT2D eigenvalue weighted by Gasteiger charge is -2.20. The summed E-state index contributed by atoms with van der Waals surface area (Å²) in [7, 11) is 0. The molecule has 0 fully saturated rings. The molecule has 3 rings (SSSR count). The first-order valence-electron chi connectivity index (χ1n) is 8.30. The number of halogens is 1. The summed E-state index contributed by atoms with van der Waals surface area (Å²) in [5.41, 5.74) is 0.950. The topological polar surface area (TPSA) is 89.8 Å². The molecule has 0 aliphatic carbocycles. The van der Waals surface area contributed by atoms with Crippen LogP contribution in [0.4, 0.5) is 0 Å². The molecule has 0 atom stereocenters. The Morgan fingerprint density at radius 2 is 1.96 bits per heavy atom. The predicted octanol–water partition coefficient (Wildman–Crippen LogP) is 2.18. The molecule has 1 aliphatic rings. The van der Waals surface area contributed by atoms with Crippen LogP contribution in [0.15, 0.2) is 34.9 Å². The lowest BCUT2D eigenvalue weighted by Crippen LogP contribution is -2.31. The number of fused-ring (bicyclic) bond motifs is 1. The Bertz CT molecular complexity index is 776. The van der Waals surface area contributed by atoms with Crippen LogP contribution >= 0.6 is 11.6 Å². The Morgan fingerprint density at radius 1 is 1.12 bits per heavy atom. The van der Waals surface area contributed by atoms with Gasteiger partial charge in [0.15, 0.2) is 17.3 Å². The molecule has 0 saturated carbocycles. The molecule has 2 N–H and O–H groups in total. The zero-order chi connectivity index (χ0) is 18.4. The van der Waals surface area contributed by atoms with E-state index in [1.54, 1.807) is 12.1 Å². The van der Waals surface area contributed by atoms with E-state index in [0.717, 1.165) is 5.56 Å². The Morgan fingerprint density at radius 3 is 2.77 bits per heavy atom. The molecule has 0 radical (unpaired) electrons. The van der Waals surface area contributed by atoms with Gasteiger partial charge >= 0.3 is 0 Å². The van der Waals surface area contributed by atoms with Gasteiger partial charge in [-0.1, -0.05) is 11.6 Å².